The molecule has 1 N–H and O–H groups in total. The molecule has 1 fully saturated rings. The van der Waals surface area contributed by atoms with Crippen molar-refractivity contribution in [3.63, 3.8) is 0 Å². The SMILES string of the molecule is Cc1ccc(-n2nnnc2SCC(=O)N[C@@](C)(C#N)C2CC2)c(C)c1. The Labute approximate surface area is 150 Å². The number of hydrogen-bond donors (Lipinski definition) is 1. The van der Waals surface area contributed by atoms with Gasteiger partial charge in [0.25, 0.3) is 0 Å². The van der Waals surface area contributed by atoms with Gasteiger partial charge in [-0.2, -0.15) is 9.94 Å². The van der Waals surface area contributed by atoms with Gasteiger partial charge in [-0.3, -0.25) is 4.79 Å². The molecule has 1 atom stereocenters. The van der Waals surface area contributed by atoms with Crippen molar-refractivity contribution in [2.75, 3.05) is 5.75 Å². The number of thioether (sulfide) groups is 1. The molecule has 8 heteroatoms. The molecule has 1 aliphatic carbocycles. The summed E-state index contributed by atoms with van der Waals surface area (Å²) in [6.07, 6.45) is 1.98. The van der Waals surface area contributed by atoms with Gasteiger partial charge >= 0.3 is 0 Å². The first-order valence-corrected chi connectivity index (χ1v) is 9.12. The van der Waals surface area contributed by atoms with E-state index in [1.807, 2.05) is 26.0 Å². The Balaban J connectivity index is 1.68. The van der Waals surface area contributed by atoms with E-state index in [1.165, 1.54) is 17.3 Å². The van der Waals surface area contributed by atoms with Gasteiger partial charge in [0, 0.05) is 0 Å². The van der Waals surface area contributed by atoms with Crippen LogP contribution < -0.4 is 5.32 Å². The van der Waals surface area contributed by atoms with E-state index in [0.29, 0.717) is 5.16 Å². The molecule has 1 aromatic heterocycles. The molecule has 0 radical (unpaired) electrons. The van der Waals surface area contributed by atoms with Crippen LogP contribution in [0.2, 0.25) is 0 Å². The first-order valence-electron chi connectivity index (χ1n) is 8.14. The number of benzene rings is 1. The van der Waals surface area contributed by atoms with Crippen molar-refractivity contribution in [3.8, 4) is 11.8 Å². The van der Waals surface area contributed by atoms with Crippen molar-refractivity contribution in [1.82, 2.24) is 25.5 Å². The summed E-state index contributed by atoms with van der Waals surface area (Å²) in [6.45, 7) is 5.81. The van der Waals surface area contributed by atoms with Crippen LogP contribution in [0.15, 0.2) is 23.4 Å². The number of nitrogens with one attached hydrogen (secondary N) is 1. The first-order chi connectivity index (χ1) is 11.9. The van der Waals surface area contributed by atoms with E-state index in [1.54, 1.807) is 11.6 Å². The Morgan fingerprint density at radius 1 is 1.48 bits per heavy atom. The van der Waals surface area contributed by atoms with Gasteiger partial charge in [0.05, 0.1) is 17.5 Å². The predicted octanol–water partition coefficient (Wildman–Crippen LogP) is 2.18. The van der Waals surface area contributed by atoms with Gasteiger partial charge in [0.2, 0.25) is 11.1 Å². The largest absolute Gasteiger partial charge is 0.337 e. The normalized spacial score (nSPS) is 16.1. The molecule has 0 saturated heterocycles. The van der Waals surface area contributed by atoms with Crippen molar-refractivity contribution in [2.45, 2.75) is 44.3 Å². The highest BCUT2D eigenvalue weighted by Gasteiger charge is 2.42. The lowest BCUT2D eigenvalue weighted by atomic mass is 9.98. The van der Waals surface area contributed by atoms with Crippen LogP contribution in [0, 0.1) is 31.1 Å². The van der Waals surface area contributed by atoms with Crippen LogP contribution in [0.25, 0.3) is 5.69 Å². The van der Waals surface area contributed by atoms with Gasteiger partial charge in [-0.25, -0.2) is 0 Å². The first kappa shape index (κ1) is 17.4. The molecular formula is C17H20N6OS. The number of amides is 1. The molecule has 0 unspecified atom stereocenters. The third kappa shape index (κ3) is 3.82. The molecule has 7 nitrogen and oxygen atoms in total. The molecule has 0 bridgehead atoms. The van der Waals surface area contributed by atoms with Crippen LogP contribution >= 0.6 is 11.8 Å². The topological polar surface area (TPSA) is 96.5 Å². The third-order valence-electron chi connectivity index (χ3n) is 4.38. The Kier molecular flexibility index (Phi) is 4.77. The van der Waals surface area contributed by atoms with Gasteiger partial charge in [-0.15, -0.1) is 5.10 Å². The quantitative estimate of drug-likeness (QED) is 0.797. The summed E-state index contributed by atoms with van der Waals surface area (Å²) >= 11 is 1.26. The average Bonchev–Trinajstić information content (AvgIpc) is 3.33. The number of aromatic nitrogens is 4. The summed E-state index contributed by atoms with van der Waals surface area (Å²) in [5.41, 5.74) is 2.33. The predicted molar refractivity (Wildman–Crippen MR) is 94.2 cm³/mol. The summed E-state index contributed by atoms with van der Waals surface area (Å²) in [4.78, 5) is 12.2. The smallest absolute Gasteiger partial charge is 0.231 e. The van der Waals surface area contributed by atoms with E-state index in [0.717, 1.165) is 24.1 Å². The molecule has 1 heterocycles. The molecule has 25 heavy (non-hydrogen) atoms. The number of carbonyl (C=O) groups excluding carboxylic acids is 1. The van der Waals surface area contributed by atoms with Crippen LogP contribution in [0.4, 0.5) is 0 Å². The lowest BCUT2D eigenvalue weighted by molar-refractivity contribution is -0.119. The van der Waals surface area contributed by atoms with Gasteiger partial charge in [0.1, 0.15) is 5.54 Å². The van der Waals surface area contributed by atoms with Crippen LogP contribution in [0.3, 0.4) is 0 Å². The summed E-state index contributed by atoms with van der Waals surface area (Å²) < 4.78 is 1.64. The van der Waals surface area contributed by atoms with Crippen LogP contribution in [-0.4, -0.2) is 37.4 Å². The molecule has 1 saturated carbocycles. The van der Waals surface area contributed by atoms with Gasteiger partial charge in [0.15, 0.2) is 0 Å². The van der Waals surface area contributed by atoms with E-state index in [4.69, 9.17) is 0 Å². The third-order valence-corrected chi connectivity index (χ3v) is 5.30. The van der Waals surface area contributed by atoms with Crippen molar-refractivity contribution in [2.24, 2.45) is 5.92 Å². The fraction of sp³-hybridized carbons (Fsp3) is 0.471. The maximum absolute atomic E-state index is 12.2. The summed E-state index contributed by atoms with van der Waals surface area (Å²) in [6, 6.07) is 8.25. The second-order valence-electron chi connectivity index (χ2n) is 6.59. The average molecular weight is 356 g/mol. The Morgan fingerprint density at radius 3 is 2.88 bits per heavy atom. The number of rotatable bonds is 6. The molecule has 0 aliphatic heterocycles. The minimum Gasteiger partial charge on any atom is -0.337 e. The lowest BCUT2D eigenvalue weighted by Crippen LogP contribution is -2.47. The molecule has 1 aliphatic rings. The van der Waals surface area contributed by atoms with E-state index < -0.39 is 5.54 Å². The van der Waals surface area contributed by atoms with Crippen molar-refractivity contribution < 1.29 is 4.79 Å². The summed E-state index contributed by atoms with van der Waals surface area (Å²) in [5, 5.41) is 24.5. The Morgan fingerprint density at radius 2 is 2.24 bits per heavy atom. The maximum atomic E-state index is 12.2. The van der Waals surface area contributed by atoms with Crippen molar-refractivity contribution in [3.05, 3.63) is 29.3 Å². The molecule has 2 aromatic rings. The number of aryl methyl sites for hydroxylation is 2. The van der Waals surface area contributed by atoms with Crippen LogP contribution in [-0.2, 0) is 4.79 Å². The van der Waals surface area contributed by atoms with Gasteiger partial charge in [-0.05, 0) is 61.6 Å². The number of nitriles is 1. The van der Waals surface area contributed by atoms with Gasteiger partial charge in [-0.1, -0.05) is 29.5 Å². The number of nitrogens with zero attached hydrogens (tertiary/aromatic N) is 5. The van der Waals surface area contributed by atoms with Crippen LogP contribution in [0.1, 0.15) is 30.9 Å². The molecule has 0 spiro atoms. The van der Waals surface area contributed by atoms with Crippen molar-refractivity contribution in [1.29, 1.82) is 5.26 Å². The monoisotopic (exact) mass is 356 g/mol. The molecule has 1 aromatic carbocycles. The standard InChI is InChI=1S/C17H20N6OS/c1-11-4-7-14(12(2)8-11)23-16(20-21-22-23)25-9-15(24)19-17(3,10-18)13-5-6-13/h4,7-8,13H,5-6,9H2,1-3H3,(H,19,24)/t17-/m0/s1. The second-order valence-corrected chi connectivity index (χ2v) is 7.53. The van der Waals surface area contributed by atoms with Crippen molar-refractivity contribution >= 4 is 17.7 Å². The highest BCUT2D eigenvalue weighted by molar-refractivity contribution is 7.99. The lowest BCUT2D eigenvalue weighted by Gasteiger charge is -2.22. The molecule has 130 valence electrons. The zero-order valence-corrected chi connectivity index (χ0v) is 15.3. The van der Waals surface area contributed by atoms with E-state index in [9.17, 15) is 10.1 Å². The summed E-state index contributed by atoms with van der Waals surface area (Å²) in [5.74, 6) is 0.234. The highest BCUT2D eigenvalue weighted by Crippen LogP contribution is 2.39. The van der Waals surface area contributed by atoms with E-state index in [-0.39, 0.29) is 17.6 Å². The number of tetrazole rings is 1. The molecule has 1 amide bonds. The van der Waals surface area contributed by atoms with E-state index >= 15 is 0 Å². The summed E-state index contributed by atoms with van der Waals surface area (Å²) in [7, 11) is 0. The minimum atomic E-state index is -0.781. The Bertz CT molecular complexity index is 838. The van der Waals surface area contributed by atoms with E-state index in [2.05, 4.69) is 33.0 Å². The van der Waals surface area contributed by atoms with Crippen LogP contribution in [0.5, 0.6) is 0 Å². The number of hydrogen-bond acceptors (Lipinski definition) is 6. The fourth-order valence-electron chi connectivity index (χ4n) is 2.80. The molecular weight excluding hydrogens is 336 g/mol. The second kappa shape index (κ2) is 6.84. The maximum Gasteiger partial charge on any atom is 0.231 e. The zero-order valence-electron chi connectivity index (χ0n) is 14.5. The van der Waals surface area contributed by atoms with Gasteiger partial charge < -0.3 is 5.32 Å². The fourth-order valence-corrected chi connectivity index (χ4v) is 3.48. The number of carbonyl (C=O) groups is 1. The molecule has 3 rings (SSSR count). The minimum absolute atomic E-state index is 0.162. The zero-order chi connectivity index (χ0) is 18.0. The highest BCUT2D eigenvalue weighted by atomic mass is 32.2. The Hall–Kier alpha value is -2.40.